The Hall–Kier alpha value is -2.95. The molecule has 1 fully saturated rings. The second-order valence-corrected chi connectivity index (χ2v) is 9.21. The topological polar surface area (TPSA) is 118 Å². The highest BCUT2D eigenvalue weighted by Crippen LogP contribution is 2.24. The zero-order valence-corrected chi connectivity index (χ0v) is 18.9. The van der Waals surface area contributed by atoms with Gasteiger partial charge in [0.2, 0.25) is 15.9 Å². The number of hydrogen-bond acceptors (Lipinski definition) is 7. The SMILES string of the molecule is COc1ccc(/C(C)=N/NC(=O)CCc2ccc(S(=O)(=O)N3CCOCC3)cc2)c(O)c1. The highest BCUT2D eigenvalue weighted by molar-refractivity contribution is 7.89. The average molecular weight is 462 g/mol. The van der Waals surface area contributed by atoms with E-state index in [0.29, 0.717) is 49.7 Å². The molecule has 1 amide bonds. The molecule has 2 aromatic carbocycles. The lowest BCUT2D eigenvalue weighted by atomic mass is 10.1. The summed E-state index contributed by atoms with van der Waals surface area (Å²) in [5.41, 5.74) is 4.26. The van der Waals surface area contributed by atoms with Gasteiger partial charge in [-0.3, -0.25) is 4.79 Å². The first-order valence-corrected chi connectivity index (χ1v) is 11.6. The molecule has 9 nitrogen and oxygen atoms in total. The third-order valence-electron chi connectivity index (χ3n) is 5.11. The van der Waals surface area contributed by atoms with Crippen molar-refractivity contribution in [3.05, 3.63) is 53.6 Å². The van der Waals surface area contributed by atoms with Crippen LogP contribution in [-0.4, -0.2) is 62.9 Å². The Morgan fingerprint density at radius 3 is 2.50 bits per heavy atom. The maximum Gasteiger partial charge on any atom is 0.243 e. The number of nitrogens with one attached hydrogen (secondary N) is 1. The molecule has 0 unspecified atom stereocenters. The van der Waals surface area contributed by atoms with E-state index in [9.17, 15) is 18.3 Å². The molecule has 172 valence electrons. The summed E-state index contributed by atoms with van der Waals surface area (Å²) >= 11 is 0. The number of carbonyl (C=O) groups excluding carboxylic acids is 1. The van der Waals surface area contributed by atoms with Crippen molar-refractivity contribution in [2.45, 2.75) is 24.7 Å². The predicted octanol–water partition coefficient (Wildman–Crippen LogP) is 1.89. The molecule has 0 radical (unpaired) electrons. The first-order valence-electron chi connectivity index (χ1n) is 10.2. The maximum absolute atomic E-state index is 12.7. The van der Waals surface area contributed by atoms with E-state index >= 15 is 0 Å². The van der Waals surface area contributed by atoms with Crippen LogP contribution in [0.1, 0.15) is 24.5 Å². The number of aryl methyl sites for hydroxylation is 1. The second-order valence-electron chi connectivity index (χ2n) is 7.28. The molecular weight excluding hydrogens is 434 g/mol. The third kappa shape index (κ3) is 5.84. The fourth-order valence-electron chi connectivity index (χ4n) is 3.23. The summed E-state index contributed by atoms with van der Waals surface area (Å²) in [5.74, 6) is 0.237. The van der Waals surface area contributed by atoms with Gasteiger partial charge in [0.1, 0.15) is 11.5 Å². The van der Waals surface area contributed by atoms with Crippen molar-refractivity contribution in [3.63, 3.8) is 0 Å². The van der Waals surface area contributed by atoms with Crippen LogP contribution in [0.3, 0.4) is 0 Å². The lowest BCUT2D eigenvalue weighted by Gasteiger charge is -2.26. The van der Waals surface area contributed by atoms with Gasteiger partial charge in [0, 0.05) is 31.1 Å². The Bertz CT molecular complexity index is 1080. The summed E-state index contributed by atoms with van der Waals surface area (Å²) in [7, 11) is -2.03. The van der Waals surface area contributed by atoms with E-state index in [1.165, 1.54) is 17.5 Å². The summed E-state index contributed by atoms with van der Waals surface area (Å²) < 4.78 is 37.0. The number of hydrogen-bond donors (Lipinski definition) is 2. The summed E-state index contributed by atoms with van der Waals surface area (Å²) in [5, 5.41) is 14.1. The normalized spacial score (nSPS) is 15.4. The number of rotatable bonds is 8. The first kappa shape index (κ1) is 23.7. The Labute approximate surface area is 187 Å². The largest absolute Gasteiger partial charge is 0.507 e. The van der Waals surface area contributed by atoms with E-state index in [-0.39, 0.29) is 23.0 Å². The molecule has 2 N–H and O–H groups in total. The number of methoxy groups -OCH3 is 1. The summed E-state index contributed by atoms with van der Waals surface area (Å²) in [6.45, 7) is 3.16. The van der Waals surface area contributed by atoms with E-state index in [2.05, 4.69) is 10.5 Å². The molecule has 1 saturated heterocycles. The Kier molecular flexibility index (Phi) is 7.84. The van der Waals surface area contributed by atoms with Crippen LogP contribution in [0.15, 0.2) is 52.5 Å². The number of phenolic OH excluding ortho intramolecular Hbond substituents is 1. The van der Waals surface area contributed by atoms with E-state index in [1.807, 2.05) is 0 Å². The van der Waals surface area contributed by atoms with Gasteiger partial charge < -0.3 is 14.6 Å². The molecule has 10 heteroatoms. The number of benzene rings is 2. The molecule has 32 heavy (non-hydrogen) atoms. The van der Waals surface area contributed by atoms with E-state index in [4.69, 9.17) is 9.47 Å². The average Bonchev–Trinajstić information content (AvgIpc) is 2.81. The van der Waals surface area contributed by atoms with Gasteiger partial charge in [-0.15, -0.1) is 0 Å². The van der Waals surface area contributed by atoms with Gasteiger partial charge in [-0.25, -0.2) is 13.8 Å². The first-order chi connectivity index (χ1) is 15.3. The molecule has 0 saturated carbocycles. The van der Waals surface area contributed by atoms with Gasteiger partial charge >= 0.3 is 0 Å². The zero-order chi connectivity index (χ0) is 23.1. The standard InChI is InChI=1S/C22H27N3O6S/c1-16(20-9-6-18(30-2)15-21(20)26)23-24-22(27)10-5-17-3-7-19(8-4-17)32(28,29)25-11-13-31-14-12-25/h3-4,6-9,15,26H,5,10-14H2,1-2H3,(H,24,27)/b23-16+. The van der Waals surface area contributed by atoms with Gasteiger partial charge in [-0.05, 0) is 43.2 Å². The molecule has 0 atom stereocenters. The van der Waals surface area contributed by atoms with Crippen LogP contribution in [0, 0.1) is 0 Å². The minimum absolute atomic E-state index is 0.00645. The number of nitrogens with zero attached hydrogens (tertiary/aromatic N) is 2. The van der Waals surface area contributed by atoms with Gasteiger partial charge in [-0.2, -0.15) is 9.41 Å². The van der Waals surface area contributed by atoms with Gasteiger partial charge in [-0.1, -0.05) is 12.1 Å². The van der Waals surface area contributed by atoms with Gasteiger partial charge in [0.15, 0.2) is 0 Å². The fourth-order valence-corrected chi connectivity index (χ4v) is 4.64. The Morgan fingerprint density at radius 2 is 1.88 bits per heavy atom. The zero-order valence-electron chi connectivity index (χ0n) is 18.1. The lowest BCUT2D eigenvalue weighted by Crippen LogP contribution is -2.40. The molecule has 0 spiro atoms. The van der Waals surface area contributed by atoms with Crippen LogP contribution >= 0.6 is 0 Å². The van der Waals surface area contributed by atoms with Crippen LogP contribution in [-0.2, 0) is 26.0 Å². The quantitative estimate of drug-likeness (QED) is 0.458. The molecular formula is C22H27N3O6S. The van der Waals surface area contributed by atoms with Crippen molar-refractivity contribution in [1.29, 1.82) is 0 Å². The lowest BCUT2D eigenvalue weighted by molar-refractivity contribution is -0.121. The summed E-state index contributed by atoms with van der Waals surface area (Å²) in [6.07, 6.45) is 0.618. The van der Waals surface area contributed by atoms with Crippen molar-refractivity contribution in [3.8, 4) is 11.5 Å². The van der Waals surface area contributed by atoms with E-state index in [1.54, 1.807) is 43.3 Å². The number of hydrazone groups is 1. The Balaban J connectivity index is 1.54. The minimum atomic E-state index is -3.53. The summed E-state index contributed by atoms with van der Waals surface area (Å²) in [4.78, 5) is 12.4. The molecule has 1 heterocycles. The van der Waals surface area contributed by atoms with Crippen molar-refractivity contribution in [2.75, 3.05) is 33.4 Å². The minimum Gasteiger partial charge on any atom is -0.507 e. The molecule has 0 aromatic heterocycles. The number of morpholine rings is 1. The van der Waals surface area contributed by atoms with Gasteiger partial charge in [0.25, 0.3) is 0 Å². The van der Waals surface area contributed by atoms with Crippen LogP contribution in [0.2, 0.25) is 0 Å². The number of aromatic hydroxyl groups is 1. The monoisotopic (exact) mass is 461 g/mol. The van der Waals surface area contributed by atoms with Crippen LogP contribution in [0.25, 0.3) is 0 Å². The van der Waals surface area contributed by atoms with Crippen LogP contribution in [0.4, 0.5) is 0 Å². The highest BCUT2D eigenvalue weighted by Gasteiger charge is 2.26. The smallest absolute Gasteiger partial charge is 0.243 e. The van der Waals surface area contributed by atoms with Crippen molar-refractivity contribution < 1.29 is 27.8 Å². The second kappa shape index (κ2) is 10.6. The number of carbonyl (C=O) groups is 1. The summed E-state index contributed by atoms with van der Waals surface area (Å²) in [6, 6.07) is 11.4. The fraction of sp³-hybridized carbons (Fsp3) is 0.364. The molecule has 1 aliphatic heterocycles. The predicted molar refractivity (Wildman–Crippen MR) is 119 cm³/mol. The maximum atomic E-state index is 12.7. The van der Waals surface area contributed by atoms with Crippen LogP contribution in [0.5, 0.6) is 11.5 Å². The van der Waals surface area contributed by atoms with Gasteiger partial charge in [0.05, 0.1) is 30.9 Å². The third-order valence-corrected chi connectivity index (χ3v) is 7.03. The number of sulfonamides is 1. The molecule has 2 aromatic rings. The van der Waals surface area contributed by atoms with E-state index < -0.39 is 10.0 Å². The number of amides is 1. The highest BCUT2D eigenvalue weighted by atomic mass is 32.2. The number of ether oxygens (including phenoxy) is 2. The van der Waals surface area contributed by atoms with Crippen molar-refractivity contribution in [2.24, 2.45) is 5.10 Å². The number of phenols is 1. The molecule has 3 rings (SSSR count). The van der Waals surface area contributed by atoms with Crippen LogP contribution < -0.4 is 10.2 Å². The Morgan fingerprint density at radius 1 is 1.19 bits per heavy atom. The molecule has 1 aliphatic rings. The molecule has 0 aliphatic carbocycles. The van der Waals surface area contributed by atoms with E-state index in [0.717, 1.165) is 5.56 Å². The van der Waals surface area contributed by atoms with Crippen molar-refractivity contribution in [1.82, 2.24) is 9.73 Å². The van der Waals surface area contributed by atoms with Crippen molar-refractivity contribution >= 4 is 21.6 Å². The molecule has 0 bridgehead atoms.